The largest absolute Gasteiger partial charge is 0.462 e. The van der Waals surface area contributed by atoms with Gasteiger partial charge in [0.25, 0.3) is 0 Å². The second-order valence-corrected chi connectivity index (χ2v) is 14.1. The highest BCUT2D eigenvalue weighted by Gasteiger charge is 2.54. The summed E-state index contributed by atoms with van der Waals surface area (Å²) in [6.45, 7) is 3.60. The summed E-state index contributed by atoms with van der Waals surface area (Å²) in [6, 6.07) is 8.09. The van der Waals surface area contributed by atoms with Crippen molar-refractivity contribution < 1.29 is 46.5 Å². The third-order valence-corrected chi connectivity index (χ3v) is 8.43. The zero-order valence-corrected chi connectivity index (χ0v) is 26.4. The first-order valence-electron chi connectivity index (χ1n) is 13.4. The van der Waals surface area contributed by atoms with Crippen molar-refractivity contribution in [3.05, 3.63) is 42.4 Å². The first-order valence-corrected chi connectivity index (χ1v) is 16.8. The van der Waals surface area contributed by atoms with Gasteiger partial charge in [0.05, 0.1) is 25.3 Å². The topological polar surface area (TPSA) is 241 Å². The smallest absolute Gasteiger partial charge is 0.459 e. The Balaban J connectivity index is 1.54. The Bertz CT molecular complexity index is 1520. The van der Waals surface area contributed by atoms with E-state index in [4.69, 9.17) is 24.3 Å². The average Bonchev–Trinajstić information content (AvgIpc) is 3.42. The van der Waals surface area contributed by atoms with Crippen molar-refractivity contribution in [2.45, 2.75) is 57.2 Å². The van der Waals surface area contributed by atoms with Gasteiger partial charge >= 0.3 is 13.7 Å². The molecule has 1 aromatic carbocycles. The van der Waals surface area contributed by atoms with Gasteiger partial charge in [-0.3, -0.25) is 24.6 Å². The maximum atomic E-state index is 13.7. The Kier molecular flexibility index (Phi) is 10.0. The number of para-hydroxylation sites is 1. The van der Waals surface area contributed by atoms with Gasteiger partial charge in [0.2, 0.25) is 10.0 Å². The lowest BCUT2D eigenvalue weighted by atomic mass is 9.96. The number of hydrogen-bond acceptors (Lipinski definition) is 15. The number of nitrogens with zero attached hydrogens (tertiary/aromatic N) is 4. The van der Waals surface area contributed by atoms with Crippen LogP contribution < -0.4 is 25.5 Å². The summed E-state index contributed by atoms with van der Waals surface area (Å²) < 4.78 is 60.8. The van der Waals surface area contributed by atoms with E-state index in [0.29, 0.717) is 0 Å². The number of imidazole rings is 1. The number of sulfonamides is 1. The number of carbonyl (C=O) groups is 1. The summed E-state index contributed by atoms with van der Waals surface area (Å²) in [7, 11) is -6.51. The van der Waals surface area contributed by atoms with Crippen molar-refractivity contribution in [3.8, 4) is 5.75 Å². The van der Waals surface area contributed by atoms with Crippen molar-refractivity contribution in [2.75, 3.05) is 31.8 Å². The van der Waals surface area contributed by atoms with Gasteiger partial charge in [0.1, 0.15) is 41.6 Å². The van der Waals surface area contributed by atoms with Crippen LogP contribution in [0.2, 0.25) is 0 Å². The van der Waals surface area contributed by atoms with Crippen LogP contribution in [0.15, 0.2) is 41.7 Å². The number of aliphatic hydroxyl groups excluding tert-OH is 1. The van der Waals surface area contributed by atoms with Crippen molar-refractivity contribution in [3.63, 3.8) is 0 Å². The quantitative estimate of drug-likeness (QED) is 0.0951. The average molecular weight is 661 g/mol. The van der Waals surface area contributed by atoms with Gasteiger partial charge in [0, 0.05) is 7.05 Å². The van der Waals surface area contributed by atoms with Crippen LogP contribution >= 0.6 is 7.75 Å². The lowest BCUT2D eigenvalue weighted by Gasteiger charge is -2.31. The van der Waals surface area contributed by atoms with Gasteiger partial charge in [-0.15, -0.1) is 4.83 Å². The molecule has 4 unspecified atom stereocenters. The number of ether oxygens (including phenoxy) is 2. The van der Waals surface area contributed by atoms with E-state index in [2.05, 4.69) is 25.2 Å². The van der Waals surface area contributed by atoms with Gasteiger partial charge in [-0.1, -0.05) is 18.2 Å². The molecule has 0 radical (unpaired) electrons. The van der Waals surface area contributed by atoms with E-state index in [9.17, 15) is 28.0 Å². The fraction of sp³-hybridized carbons (Fsp3) is 0.542. The van der Waals surface area contributed by atoms with Crippen LogP contribution in [-0.2, 0) is 33.4 Å². The number of nitrogens with two attached hydrogens (primary N) is 1. The maximum Gasteiger partial charge on any atom is 0.459 e. The van der Waals surface area contributed by atoms with E-state index in [0.717, 1.165) is 11.3 Å². The molecule has 1 aromatic heterocycles. The first kappa shape index (κ1) is 33.8. The summed E-state index contributed by atoms with van der Waals surface area (Å²) in [4.78, 5) is 22.9. The predicted octanol–water partition coefficient (Wildman–Crippen LogP) is -0.552. The number of rotatable bonds is 12. The lowest BCUT2D eigenvalue weighted by Crippen LogP contribution is -2.47. The number of aromatic nitrogens is 2. The van der Waals surface area contributed by atoms with Crippen molar-refractivity contribution in [2.24, 2.45) is 10.7 Å². The number of esters is 1. The molecule has 244 valence electrons. The number of hydrogen-bond donors (Lipinski definition) is 6. The number of aliphatic imine (C=N–C) groups is 1. The number of nitrogens with one attached hydrogen (secondary N) is 3. The minimum absolute atomic E-state index is 0.0783. The molecule has 7 N–H and O–H groups in total. The number of benzene rings is 1. The normalized spacial score (nSPS) is 26.3. The zero-order valence-electron chi connectivity index (χ0n) is 24.6. The molecule has 0 bridgehead atoms. The monoisotopic (exact) mass is 660 g/mol. The number of aliphatic hydroxyl groups is 2. The van der Waals surface area contributed by atoms with E-state index >= 15 is 0 Å². The van der Waals surface area contributed by atoms with Crippen LogP contribution in [0.5, 0.6) is 5.75 Å². The summed E-state index contributed by atoms with van der Waals surface area (Å²) in [6.07, 6.45) is -3.27. The second kappa shape index (κ2) is 13.1. The number of carbonyl (C=O) groups excluding carboxylic acids is 1. The summed E-state index contributed by atoms with van der Waals surface area (Å²) in [5, 5.41) is 28.9. The van der Waals surface area contributed by atoms with Gasteiger partial charge in [-0.2, -0.15) is 0 Å². The Hall–Kier alpha value is -3.13. The van der Waals surface area contributed by atoms with Crippen molar-refractivity contribution in [1.82, 2.24) is 24.5 Å². The number of anilines is 1. The van der Waals surface area contributed by atoms with Crippen LogP contribution in [0.3, 0.4) is 0 Å². The third-order valence-electron chi connectivity index (χ3n) is 6.34. The molecule has 44 heavy (non-hydrogen) atoms. The summed E-state index contributed by atoms with van der Waals surface area (Å²) in [5.41, 5.74) is 4.26. The molecule has 2 aromatic rings. The van der Waals surface area contributed by atoms with Gasteiger partial charge < -0.3 is 29.5 Å². The molecule has 0 spiro atoms. The van der Waals surface area contributed by atoms with Gasteiger partial charge in [-0.05, 0) is 32.9 Å². The summed E-state index contributed by atoms with van der Waals surface area (Å²) >= 11 is 0. The van der Waals surface area contributed by atoms with Crippen LogP contribution in [0.25, 0.3) is 0 Å². The third kappa shape index (κ3) is 7.92. The minimum Gasteiger partial charge on any atom is -0.462 e. The molecule has 6 atom stereocenters. The van der Waals surface area contributed by atoms with Crippen molar-refractivity contribution in [1.29, 1.82) is 0 Å². The SMILES string of the molecule is CC(C)OC(=O)CNP(=O)(OCC1OC(n2cnc3c2NC(N)N=C3N(C)NS(C)(=O)=O)[C@](C)(O)[C@@H]1O)Oc1ccccc1. The fourth-order valence-electron chi connectivity index (χ4n) is 4.49. The first-order chi connectivity index (χ1) is 20.5. The molecule has 0 amide bonds. The second-order valence-electron chi connectivity index (χ2n) is 10.6. The molecule has 3 heterocycles. The Morgan fingerprint density at radius 1 is 1.34 bits per heavy atom. The number of hydrazine groups is 1. The summed E-state index contributed by atoms with van der Waals surface area (Å²) in [5.74, 6) is -0.225. The van der Waals surface area contributed by atoms with Crippen molar-refractivity contribution >= 4 is 35.4 Å². The van der Waals surface area contributed by atoms with Crippen LogP contribution in [-0.4, -0.2) is 102 Å². The Morgan fingerprint density at radius 2 is 2.02 bits per heavy atom. The highest BCUT2D eigenvalue weighted by atomic mass is 32.2. The standard InChI is InChI=1S/C24H37N8O10PS/c1-14(2)40-17(33)11-27-43(36,42-15-9-7-6-8-10-15)39-12-16-19(34)24(3,35)22(41-16)32-13-26-18-20(28-23(25)29-21(18)32)31(4)30-44(5,37)38/h6-10,13-14,16,19,22-23,29-30,34-35H,11-12,25H2,1-5H3,(H,27,36)/t16?,19-,22?,23?,24-,43?/m1/s1. The van der Waals surface area contributed by atoms with Gasteiger partial charge in [0.15, 0.2) is 18.4 Å². The molecular weight excluding hydrogens is 623 g/mol. The molecule has 2 aliphatic heterocycles. The maximum absolute atomic E-state index is 13.7. The minimum atomic E-state index is -4.25. The predicted molar refractivity (Wildman–Crippen MR) is 157 cm³/mol. The fourth-order valence-corrected chi connectivity index (χ4v) is 6.35. The molecule has 2 aliphatic rings. The van der Waals surface area contributed by atoms with E-state index in [1.165, 1.54) is 37.0 Å². The molecule has 1 fully saturated rings. The van der Waals surface area contributed by atoms with E-state index in [1.807, 2.05) is 0 Å². The van der Waals surface area contributed by atoms with Crippen LogP contribution in [0.1, 0.15) is 32.7 Å². The molecule has 20 heteroatoms. The molecule has 0 saturated carbocycles. The molecule has 18 nitrogen and oxygen atoms in total. The van der Waals surface area contributed by atoms with Crippen LogP contribution in [0, 0.1) is 0 Å². The highest BCUT2D eigenvalue weighted by Crippen LogP contribution is 2.47. The van der Waals surface area contributed by atoms with E-state index < -0.39 is 73.3 Å². The molecule has 4 rings (SSSR count). The zero-order chi connectivity index (χ0) is 32.4. The molecule has 1 saturated heterocycles. The Morgan fingerprint density at radius 3 is 2.66 bits per heavy atom. The van der Waals surface area contributed by atoms with Gasteiger partial charge in [-0.25, -0.2) is 28.0 Å². The van der Waals surface area contributed by atoms with E-state index in [-0.39, 0.29) is 23.1 Å². The number of amidine groups is 1. The molecular formula is C24H37N8O10PS. The number of fused-ring (bicyclic) bond motifs is 1. The highest BCUT2D eigenvalue weighted by molar-refractivity contribution is 7.88. The van der Waals surface area contributed by atoms with Crippen LogP contribution in [0.4, 0.5) is 5.82 Å². The molecule has 0 aliphatic carbocycles. The Labute approximate surface area is 254 Å². The van der Waals surface area contributed by atoms with E-state index in [1.54, 1.807) is 32.0 Å². The lowest BCUT2D eigenvalue weighted by molar-refractivity contribution is -0.146.